The molecule has 100 valence electrons. The Kier molecular flexibility index (Phi) is 2.77. The van der Waals surface area contributed by atoms with Gasteiger partial charge in [-0.25, -0.2) is 0 Å². The van der Waals surface area contributed by atoms with Crippen LogP contribution in [0, 0.1) is 12.8 Å². The third kappa shape index (κ3) is 1.99. The highest BCUT2D eigenvalue weighted by atomic mass is 16.2. The molecular weight excluding hydrogens is 242 g/mol. The SMILES string of the molecule is Cc1ccncc1N1C(=O)C(C2CC2)NC(=O)C1C. The van der Waals surface area contributed by atoms with E-state index in [2.05, 4.69) is 10.3 Å². The van der Waals surface area contributed by atoms with Crippen LogP contribution in [-0.2, 0) is 9.59 Å². The van der Waals surface area contributed by atoms with Crippen molar-refractivity contribution in [2.45, 2.75) is 38.8 Å². The average Bonchev–Trinajstić information content (AvgIpc) is 3.20. The van der Waals surface area contributed by atoms with Gasteiger partial charge < -0.3 is 5.32 Å². The molecule has 1 aliphatic carbocycles. The van der Waals surface area contributed by atoms with Crippen LogP contribution in [0.1, 0.15) is 25.3 Å². The van der Waals surface area contributed by atoms with Gasteiger partial charge in [0, 0.05) is 6.20 Å². The third-order valence-corrected chi connectivity index (χ3v) is 3.93. The van der Waals surface area contributed by atoms with E-state index >= 15 is 0 Å². The summed E-state index contributed by atoms with van der Waals surface area (Å²) in [7, 11) is 0. The average molecular weight is 259 g/mol. The number of rotatable bonds is 2. The molecule has 1 N–H and O–H groups in total. The number of carbonyl (C=O) groups excluding carboxylic acids is 2. The van der Waals surface area contributed by atoms with Crippen molar-refractivity contribution in [2.24, 2.45) is 5.92 Å². The second-order valence-electron chi connectivity index (χ2n) is 5.37. The Morgan fingerprint density at radius 3 is 2.74 bits per heavy atom. The molecule has 2 unspecified atom stereocenters. The van der Waals surface area contributed by atoms with E-state index in [1.54, 1.807) is 24.2 Å². The first-order valence-electron chi connectivity index (χ1n) is 6.63. The van der Waals surface area contributed by atoms with Crippen molar-refractivity contribution in [3.63, 3.8) is 0 Å². The summed E-state index contributed by atoms with van der Waals surface area (Å²) in [5.41, 5.74) is 1.69. The molecule has 0 aromatic carbocycles. The van der Waals surface area contributed by atoms with Crippen LogP contribution in [0.25, 0.3) is 0 Å². The topological polar surface area (TPSA) is 62.3 Å². The fourth-order valence-corrected chi connectivity index (χ4v) is 2.58. The van der Waals surface area contributed by atoms with Gasteiger partial charge in [-0.3, -0.25) is 19.5 Å². The standard InChI is InChI=1S/C14H17N3O2/c1-8-5-6-15-7-11(8)17-9(2)13(18)16-12(14(17)19)10-3-4-10/h5-7,9-10,12H,3-4H2,1-2H3,(H,16,18). The maximum atomic E-state index is 12.6. The molecule has 0 spiro atoms. The van der Waals surface area contributed by atoms with E-state index in [0.717, 1.165) is 24.1 Å². The summed E-state index contributed by atoms with van der Waals surface area (Å²) in [6.45, 7) is 3.68. The molecule has 5 nitrogen and oxygen atoms in total. The highest BCUT2D eigenvalue weighted by molar-refractivity contribution is 6.08. The van der Waals surface area contributed by atoms with Gasteiger partial charge >= 0.3 is 0 Å². The zero-order valence-electron chi connectivity index (χ0n) is 11.1. The highest BCUT2D eigenvalue weighted by Gasteiger charge is 2.46. The number of nitrogens with zero attached hydrogens (tertiary/aromatic N) is 2. The van der Waals surface area contributed by atoms with Crippen LogP contribution >= 0.6 is 0 Å². The van der Waals surface area contributed by atoms with E-state index in [0.29, 0.717) is 5.92 Å². The lowest BCUT2D eigenvalue weighted by molar-refractivity contribution is -0.134. The van der Waals surface area contributed by atoms with Crippen LogP contribution in [0.5, 0.6) is 0 Å². The molecule has 3 rings (SSSR count). The minimum atomic E-state index is -0.481. The van der Waals surface area contributed by atoms with Crippen LogP contribution < -0.4 is 10.2 Å². The maximum absolute atomic E-state index is 12.6. The number of aromatic nitrogens is 1. The summed E-state index contributed by atoms with van der Waals surface area (Å²) < 4.78 is 0. The highest BCUT2D eigenvalue weighted by Crippen LogP contribution is 2.36. The van der Waals surface area contributed by atoms with E-state index in [1.165, 1.54) is 0 Å². The van der Waals surface area contributed by atoms with Gasteiger partial charge in [0.15, 0.2) is 0 Å². The monoisotopic (exact) mass is 259 g/mol. The fourth-order valence-electron chi connectivity index (χ4n) is 2.58. The number of hydrogen-bond acceptors (Lipinski definition) is 3. The second-order valence-corrected chi connectivity index (χ2v) is 5.37. The Balaban J connectivity index is 1.99. The summed E-state index contributed by atoms with van der Waals surface area (Å²) >= 11 is 0. The summed E-state index contributed by atoms with van der Waals surface area (Å²) in [5, 5.41) is 2.85. The Hall–Kier alpha value is -1.91. The van der Waals surface area contributed by atoms with Crippen molar-refractivity contribution < 1.29 is 9.59 Å². The fraction of sp³-hybridized carbons (Fsp3) is 0.500. The van der Waals surface area contributed by atoms with Gasteiger partial charge in [-0.2, -0.15) is 0 Å². The van der Waals surface area contributed by atoms with Crippen molar-refractivity contribution in [2.75, 3.05) is 4.90 Å². The van der Waals surface area contributed by atoms with Gasteiger partial charge in [-0.05, 0) is 44.2 Å². The summed E-state index contributed by atoms with van der Waals surface area (Å²) in [6, 6.07) is 1.02. The van der Waals surface area contributed by atoms with Crippen LogP contribution in [0.3, 0.4) is 0 Å². The summed E-state index contributed by atoms with van der Waals surface area (Å²) in [4.78, 5) is 30.3. The number of hydrogen-bond donors (Lipinski definition) is 1. The minimum absolute atomic E-state index is 0.00861. The molecular formula is C14H17N3O2. The quantitative estimate of drug-likeness (QED) is 0.862. The van der Waals surface area contributed by atoms with E-state index in [1.807, 2.05) is 13.0 Å². The first-order valence-corrected chi connectivity index (χ1v) is 6.63. The van der Waals surface area contributed by atoms with Crippen LogP contribution in [0.2, 0.25) is 0 Å². The van der Waals surface area contributed by atoms with Gasteiger partial charge in [0.2, 0.25) is 5.91 Å². The van der Waals surface area contributed by atoms with Crippen molar-refractivity contribution in [3.05, 3.63) is 24.0 Å². The van der Waals surface area contributed by atoms with Gasteiger partial charge in [0.1, 0.15) is 12.1 Å². The predicted molar refractivity (Wildman–Crippen MR) is 70.6 cm³/mol. The summed E-state index contributed by atoms with van der Waals surface area (Å²) in [6.07, 6.45) is 5.39. The number of piperazine rings is 1. The van der Waals surface area contributed by atoms with E-state index in [9.17, 15) is 9.59 Å². The first kappa shape index (κ1) is 12.1. The molecule has 2 fully saturated rings. The van der Waals surface area contributed by atoms with Crippen molar-refractivity contribution in [1.29, 1.82) is 0 Å². The molecule has 1 saturated carbocycles. The van der Waals surface area contributed by atoms with Crippen LogP contribution in [0.15, 0.2) is 18.5 Å². The molecule has 1 aromatic heterocycles. The first-order chi connectivity index (χ1) is 9.09. The zero-order chi connectivity index (χ0) is 13.6. The molecule has 1 aromatic rings. The molecule has 2 atom stereocenters. The Labute approximate surface area is 112 Å². The molecule has 2 heterocycles. The largest absolute Gasteiger partial charge is 0.342 e. The van der Waals surface area contributed by atoms with Gasteiger partial charge in [0.25, 0.3) is 5.91 Å². The number of amides is 2. The minimum Gasteiger partial charge on any atom is -0.342 e. The lowest BCUT2D eigenvalue weighted by Gasteiger charge is -2.37. The zero-order valence-corrected chi connectivity index (χ0v) is 11.1. The normalized spacial score (nSPS) is 27.4. The van der Waals surface area contributed by atoms with Crippen molar-refractivity contribution in [1.82, 2.24) is 10.3 Å². The molecule has 19 heavy (non-hydrogen) atoms. The van der Waals surface area contributed by atoms with Gasteiger partial charge in [-0.1, -0.05) is 0 Å². The molecule has 0 bridgehead atoms. The molecule has 1 saturated heterocycles. The predicted octanol–water partition coefficient (Wildman–Crippen LogP) is 1.02. The number of pyridine rings is 1. The van der Waals surface area contributed by atoms with E-state index < -0.39 is 6.04 Å². The summed E-state index contributed by atoms with van der Waals surface area (Å²) in [5.74, 6) is 0.217. The van der Waals surface area contributed by atoms with Gasteiger partial charge in [-0.15, -0.1) is 0 Å². The smallest absolute Gasteiger partial charge is 0.250 e. The molecule has 2 amide bonds. The molecule has 1 aliphatic heterocycles. The van der Waals surface area contributed by atoms with Crippen molar-refractivity contribution >= 4 is 17.5 Å². The second kappa shape index (κ2) is 4.33. The Morgan fingerprint density at radius 1 is 1.37 bits per heavy atom. The van der Waals surface area contributed by atoms with Crippen LogP contribution in [0.4, 0.5) is 5.69 Å². The number of aryl methyl sites for hydroxylation is 1. The lowest BCUT2D eigenvalue weighted by atomic mass is 10.0. The van der Waals surface area contributed by atoms with E-state index in [-0.39, 0.29) is 17.9 Å². The lowest BCUT2D eigenvalue weighted by Crippen LogP contribution is -2.63. The molecule has 2 aliphatic rings. The number of anilines is 1. The number of carbonyl (C=O) groups is 2. The molecule has 0 radical (unpaired) electrons. The Morgan fingerprint density at radius 2 is 2.11 bits per heavy atom. The van der Waals surface area contributed by atoms with Gasteiger partial charge in [0.05, 0.1) is 11.9 Å². The van der Waals surface area contributed by atoms with E-state index in [4.69, 9.17) is 0 Å². The molecule has 5 heteroatoms. The Bertz CT molecular complexity index is 539. The van der Waals surface area contributed by atoms with Crippen LogP contribution in [-0.4, -0.2) is 28.9 Å². The third-order valence-electron chi connectivity index (χ3n) is 3.93. The maximum Gasteiger partial charge on any atom is 0.250 e. The van der Waals surface area contributed by atoms with Crippen molar-refractivity contribution in [3.8, 4) is 0 Å². The number of nitrogens with one attached hydrogen (secondary N) is 1.